The van der Waals surface area contributed by atoms with Gasteiger partial charge in [-0.1, -0.05) is 0 Å². The van der Waals surface area contributed by atoms with E-state index in [2.05, 4.69) is 4.98 Å². The molecule has 2 N–H and O–H groups in total. The van der Waals surface area contributed by atoms with Crippen molar-refractivity contribution in [3.63, 3.8) is 0 Å². The van der Waals surface area contributed by atoms with Crippen molar-refractivity contribution in [2.75, 3.05) is 6.61 Å². The summed E-state index contributed by atoms with van der Waals surface area (Å²) in [7, 11) is 1.84. The molecule has 1 atom stereocenters. The van der Waals surface area contributed by atoms with E-state index in [1.54, 1.807) is 17.0 Å². The van der Waals surface area contributed by atoms with Gasteiger partial charge in [0.05, 0.1) is 0 Å². The van der Waals surface area contributed by atoms with Gasteiger partial charge in [-0.05, 0) is 12.8 Å². The molecule has 0 amide bonds. The Labute approximate surface area is 71.5 Å². The third kappa shape index (κ3) is 2.06. The molecule has 1 rings (SSSR count). The molecular formula is C8H14N2O2. The maximum absolute atomic E-state index is 9.53. The molecule has 0 spiro atoms. The lowest BCUT2D eigenvalue weighted by Gasteiger charge is -2.08. The second-order valence-corrected chi connectivity index (χ2v) is 2.78. The fourth-order valence-corrected chi connectivity index (χ4v) is 1.11. The van der Waals surface area contributed by atoms with E-state index in [1.807, 2.05) is 7.05 Å². The summed E-state index contributed by atoms with van der Waals surface area (Å²) in [6, 6.07) is 0. The van der Waals surface area contributed by atoms with Crippen molar-refractivity contribution >= 4 is 0 Å². The third-order valence-corrected chi connectivity index (χ3v) is 1.79. The number of hydrogen-bond donors (Lipinski definition) is 2. The van der Waals surface area contributed by atoms with Crippen LogP contribution in [0.5, 0.6) is 0 Å². The molecule has 0 aliphatic rings. The standard InChI is InChI=1S/C8H14N2O2/c1-10-5-4-9-8(10)7(12)3-2-6-11/h4-5,7,11-12H,2-3,6H2,1H3. The number of rotatable bonds is 4. The molecule has 4 heteroatoms. The van der Waals surface area contributed by atoms with Crippen LogP contribution >= 0.6 is 0 Å². The minimum absolute atomic E-state index is 0.113. The Morgan fingerprint density at radius 1 is 1.67 bits per heavy atom. The zero-order valence-corrected chi connectivity index (χ0v) is 7.14. The van der Waals surface area contributed by atoms with Gasteiger partial charge in [-0.2, -0.15) is 0 Å². The SMILES string of the molecule is Cn1ccnc1C(O)CCCO. The molecule has 4 nitrogen and oxygen atoms in total. The van der Waals surface area contributed by atoms with Crippen molar-refractivity contribution in [3.05, 3.63) is 18.2 Å². The van der Waals surface area contributed by atoms with Gasteiger partial charge in [0.25, 0.3) is 0 Å². The van der Waals surface area contributed by atoms with Gasteiger partial charge >= 0.3 is 0 Å². The first kappa shape index (κ1) is 9.22. The first-order valence-electron chi connectivity index (χ1n) is 4.02. The Bertz CT molecular complexity index is 235. The zero-order chi connectivity index (χ0) is 8.97. The molecule has 1 aromatic heterocycles. The molecule has 0 aliphatic heterocycles. The molecule has 0 aliphatic carbocycles. The number of aromatic nitrogens is 2. The first-order chi connectivity index (χ1) is 5.75. The van der Waals surface area contributed by atoms with Crippen LogP contribution in [0.1, 0.15) is 24.8 Å². The summed E-state index contributed by atoms with van der Waals surface area (Å²) in [4.78, 5) is 4.00. The van der Waals surface area contributed by atoms with E-state index in [4.69, 9.17) is 5.11 Å². The molecule has 0 fully saturated rings. The molecule has 0 radical (unpaired) electrons. The Kier molecular flexibility index (Phi) is 3.25. The number of aliphatic hydroxyl groups excluding tert-OH is 2. The molecule has 0 bridgehead atoms. The van der Waals surface area contributed by atoms with Gasteiger partial charge in [0.15, 0.2) is 0 Å². The van der Waals surface area contributed by atoms with E-state index in [0.717, 1.165) is 0 Å². The second-order valence-electron chi connectivity index (χ2n) is 2.78. The van der Waals surface area contributed by atoms with E-state index < -0.39 is 6.10 Å². The summed E-state index contributed by atoms with van der Waals surface area (Å²) in [6.07, 6.45) is 4.04. The Morgan fingerprint density at radius 2 is 2.42 bits per heavy atom. The minimum Gasteiger partial charge on any atom is -0.396 e. The van der Waals surface area contributed by atoms with Crippen LogP contribution in [0.2, 0.25) is 0 Å². The van der Waals surface area contributed by atoms with Crippen LogP contribution in [0.25, 0.3) is 0 Å². The van der Waals surface area contributed by atoms with Gasteiger partial charge in [0, 0.05) is 26.0 Å². The lowest BCUT2D eigenvalue weighted by molar-refractivity contribution is 0.140. The van der Waals surface area contributed by atoms with Gasteiger partial charge in [0.2, 0.25) is 0 Å². The number of nitrogens with zero attached hydrogens (tertiary/aromatic N) is 2. The van der Waals surface area contributed by atoms with Crippen molar-refractivity contribution in [3.8, 4) is 0 Å². The van der Waals surface area contributed by atoms with Crippen molar-refractivity contribution in [1.82, 2.24) is 9.55 Å². The van der Waals surface area contributed by atoms with Gasteiger partial charge < -0.3 is 14.8 Å². The molecule has 1 heterocycles. The van der Waals surface area contributed by atoms with Crippen LogP contribution in [0.3, 0.4) is 0 Å². The Morgan fingerprint density at radius 3 is 2.92 bits per heavy atom. The molecule has 0 aromatic carbocycles. The topological polar surface area (TPSA) is 58.3 Å². The fourth-order valence-electron chi connectivity index (χ4n) is 1.11. The summed E-state index contributed by atoms with van der Waals surface area (Å²) in [5, 5.41) is 18.1. The predicted molar refractivity (Wildman–Crippen MR) is 44.5 cm³/mol. The van der Waals surface area contributed by atoms with Crippen LogP contribution in [-0.4, -0.2) is 26.4 Å². The van der Waals surface area contributed by atoms with E-state index in [0.29, 0.717) is 18.7 Å². The average Bonchev–Trinajstić information content (AvgIpc) is 2.47. The van der Waals surface area contributed by atoms with Crippen LogP contribution in [0.15, 0.2) is 12.4 Å². The van der Waals surface area contributed by atoms with E-state index in [-0.39, 0.29) is 6.61 Å². The average molecular weight is 170 g/mol. The summed E-state index contributed by atoms with van der Waals surface area (Å²) >= 11 is 0. The van der Waals surface area contributed by atoms with E-state index in [1.165, 1.54) is 0 Å². The minimum atomic E-state index is -0.558. The highest BCUT2D eigenvalue weighted by molar-refractivity contribution is 4.94. The van der Waals surface area contributed by atoms with Crippen molar-refractivity contribution < 1.29 is 10.2 Å². The van der Waals surface area contributed by atoms with Gasteiger partial charge in [-0.3, -0.25) is 0 Å². The summed E-state index contributed by atoms with van der Waals surface area (Å²) in [5.74, 6) is 0.656. The maximum Gasteiger partial charge on any atom is 0.137 e. The highest BCUT2D eigenvalue weighted by Gasteiger charge is 2.10. The normalized spacial score (nSPS) is 13.2. The lowest BCUT2D eigenvalue weighted by atomic mass is 10.2. The number of aryl methyl sites for hydroxylation is 1. The van der Waals surface area contributed by atoms with Gasteiger partial charge in [0.1, 0.15) is 11.9 Å². The largest absolute Gasteiger partial charge is 0.396 e. The molecule has 0 saturated carbocycles. The number of hydrogen-bond acceptors (Lipinski definition) is 3. The van der Waals surface area contributed by atoms with Crippen LogP contribution in [-0.2, 0) is 7.05 Å². The van der Waals surface area contributed by atoms with Crippen molar-refractivity contribution in [2.24, 2.45) is 7.05 Å². The highest BCUT2D eigenvalue weighted by Crippen LogP contribution is 2.14. The second kappa shape index (κ2) is 4.23. The molecular weight excluding hydrogens is 156 g/mol. The summed E-state index contributed by atoms with van der Waals surface area (Å²) < 4.78 is 1.78. The number of aliphatic hydroxyl groups is 2. The fraction of sp³-hybridized carbons (Fsp3) is 0.625. The third-order valence-electron chi connectivity index (χ3n) is 1.79. The maximum atomic E-state index is 9.53. The van der Waals surface area contributed by atoms with Crippen LogP contribution < -0.4 is 0 Å². The highest BCUT2D eigenvalue weighted by atomic mass is 16.3. The Balaban J connectivity index is 2.52. The number of imidazole rings is 1. The predicted octanol–water partition coefficient (Wildman–Crippen LogP) is 0.226. The van der Waals surface area contributed by atoms with E-state index >= 15 is 0 Å². The van der Waals surface area contributed by atoms with Crippen molar-refractivity contribution in [2.45, 2.75) is 18.9 Å². The van der Waals surface area contributed by atoms with E-state index in [9.17, 15) is 5.11 Å². The lowest BCUT2D eigenvalue weighted by Crippen LogP contribution is -2.05. The zero-order valence-electron chi connectivity index (χ0n) is 7.14. The summed E-state index contributed by atoms with van der Waals surface area (Å²) in [6.45, 7) is 0.113. The smallest absolute Gasteiger partial charge is 0.137 e. The monoisotopic (exact) mass is 170 g/mol. The van der Waals surface area contributed by atoms with Crippen LogP contribution in [0, 0.1) is 0 Å². The molecule has 12 heavy (non-hydrogen) atoms. The quantitative estimate of drug-likeness (QED) is 0.680. The molecule has 1 aromatic rings. The van der Waals surface area contributed by atoms with Gasteiger partial charge in [-0.25, -0.2) is 4.98 Å². The van der Waals surface area contributed by atoms with Crippen molar-refractivity contribution in [1.29, 1.82) is 0 Å². The molecule has 0 saturated heterocycles. The Hall–Kier alpha value is -0.870. The molecule has 1 unspecified atom stereocenters. The first-order valence-corrected chi connectivity index (χ1v) is 4.02. The van der Waals surface area contributed by atoms with Gasteiger partial charge in [-0.15, -0.1) is 0 Å². The molecule has 68 valence electrons. The van der Waals surface area contributed by atoms with Crippen LogP contribution in [0.4, 0.5) is 0 Å². The summed E-state index contributed by atoms with van der Waals surface area (Å²) in [5.41, 5.74) is 0.